The molecule has 3 aromatic rings. The number of aromatic nitrogens is 4. The summed E-state index contributed by atoms with van der Waals surface area (Å²) < 4.78 is 21.1. The minimum Gasteiger partial charge on any atom is -0.355 e. The molecule has 0 bridgehead atoms. The normalized spacial score (nSPS) is 16.4. The lowest BCUT2D eigenvalue weighted by Gasteiger charge is -2.25. The Morgan fingerprint density at radius 2 is 2.15 bits per heavy atom. The fraction of sp³-hybridized carbons (Fsp3) is 0.368. The molecule has 4 rings (SSSR count). The van der Waals surface area contributed by atoms with Crippen LogP contribution >= 0.6 is 0 Å². The second-order valence-corrected chi connectivity index (χ2v) is 7.01. The first kappa shape index (κ1) is 17.4. The van der Waals surface area contributed by atoms with Crippen molar-refractivity contribution in [2.24, 2.45) is 0 Å². The van der Waals surface area contributed by atoms with E-state index in [1.165, 1.54) is 12.1 Å². The molecule has 0 saturated carbocycles. The first-order valence-corrected chi connectivity index (χ1v) is 8.97. The summed E-state index contributed by atoms with van der Waals surface area (Å²) in [6.45, 7) is 4.76. The molecule has 1 atom stereocenters. The Hall–Kier alpha value is -3.03. The highest BCUT2D eigenvalue weighted by Crippen LogP contribution is 2.24. The quantitative estimate of drug-likeness (QED) is 0.764. The van der Waals surface area contributed by atoms with Crippen molar-refractivity contribution in [2.45, 2.75) is 45.2 Å². The molecule has 1 aliphatic rings. The van der Waals surface area contributed by atoms with Gasteiger partial charge in [-0.3, -0.25) is 4.79 Å². The lowest BCUT2D eigenvalue weighted by Crippen LogP contribution is -2.41. The second-order valence-electron chi connectivity index (χ2n) is 7.01. The minimum absolute atomic E-state index is 0.0490. The van der Waals surface area contributed by atoms with E-state index in [1.807, 2.05) is 0 Å². The second kappa shape index (κ2) is 6.94. The third kappa shape index (κ3) is 3.34. The van der Waals surface area contributed by atoms with Gasteiger partial charge < -0.3 is 14.4 Å². The first-order chi connectivity index (χ1) is 13.0. The van der Waals surface area contributed by atoms with Crippen LogP contribution in [0.2, 0.25) is 0 Å². The highest BCUT2D eigenvalue weighted by Gasteiger charge is 2.26. The fourth-order valence-electron chi connectivity index (χ4n) is 3.32. The molecular formula is C19H20FN5O2. The van der Waals surface area contributed by atoms with Gasteiger partial charge in [0.05, 0.1) is 5.56 Å². The molecule has 0 spiro atoms. The molecule has 0 unspecified atom stereocenters. The van der Waals surface area contributed by atoms with Gasteiger partial charge in [0, 0.05) is 31.0 Å². The van der Waals surface area contributed by atoms with Gasteiger partial charge in [-0.15, -0.1) is 10.2 Å². The van der Waals surface area contributed by atoms with Gasteiger partial charge in [-0.2, -0.15) is 0 Å². The first-order valence-electron chi connectivity index (χ1n) is 8.97. The lowest BCUT2D eigenvalue weighted by atomic mass is 10.1. The van der Waals surface area contributed by atoms with Crippen molar-refractivity contribution < 1.29 is 13.7 Å². The van der Waals surface area contributed by atoms with Crippen molar-refractivity contribution in [1.82, 2.24) is 25.2 Å². The Morgan fingerprint density at radius 3 is 2.93 bits per heavy atom. The van der Waals surface area contributed by atoms with E-state index in [-0.39, 0.29) is 34.9 Å². The van der Waals surface area contributed by atoms with Crippen LogP contribution < -0.4 is 5.32 Å². The average molecular weight is 369 g/mol. The molecule has 2 aromatic heterocycles. The number of benzene rings is 1. The summed E-state index contributed by atoms with van der Waals surface area (Å²) in [5.74, 6) is 1.60. The highest BCUT2D eigenvalue weighted by molar-refractivity contribution is 5.93. The van der Waals surface area contributed by atoms with Crippen molar-refractivity contribution in [3.05, 3.63) is 53.5 Å². The molecule has 0 fully saturated rings. The van der Waals surface area contributed by atoms with Crippen LogP contribution in [-0.4, -0.2) is 31.9 Å². The van der Waals surface area contributed by atoms with E-state index < -0.39 is 5.82 Å². The predicted octanol–water partition coefficient (Wildman–Crippen LogP) is 2.94. The van der Waals surface area contributed by atoms with Gasteiger partial charge in [-0.05, 0) is 18.6 Å². The summed E-state index contributed by atoms with van der Waals surface area (Å²) >= 11 is 0. The number of fused-ring (bicyclic) bond motifs is 1. The summed E-state index contributed by atoms with van der Waals surface area (Å²) in [5.41, 5.74) is 0.407. The molecule has 1 amide bonds. The number of hydrogen-bond acceptors (Lipinski definition) is 5. The summed E-state index contributed by atoms with van der Waals surface area (Å²) in [7, 11) is 0. The molecule has 3 heterocycles. The third-order valence-corrected chi connectivity index (χ3v) is 4.71. The van der Waals surface area contributed by atoms with Crippen LogP contribution in [0.15, 0.2) is 34.9 Å². The van der Waals surface area contributed by atoms with Crippen LogP contribution in [0.5, 0.6) is 0 Å². The van der Waals surface area contributed by atoms with E-state index >= 15 is 0 Å². The zero-order valence-electron chi connectivity index (χ0n) is 15.1. The smallest absolute Gasteiger partial charge is 0.273 e. The third-order valence-electron chi connectivity index (χ3n) is 4.71. The number of aryl methyl sites for hydroxylation is 1. The molecule has 1 aliphatic heterocycles. The van der Waals surface area contributed by atoms with Gasteiger partial charge in [0.15, 0.2) is 11.5 Å². The molecule has 1 aromatic carbocycles. The number of carbonyl (C=O) groups is 1. The Labute approximate surface area is 155 Å². The lowest BCUT2D eigenvalue weighted by molar-refractivity contribution is 0.0918. The van der Waals surface area contributed by atoms with Crippen LogP contribution in [0.25, 0.3) is 11.3 Å². The number of amides is 1. The number of carbonyl (C=O) groups excluding carboxylic acids is 1. The standard InChI is InChI=1S/C19H20FN5O2/c1-11(2)18-23-22-17-8-7-12(10-25(17)18)21-19(26)15-9-16(27-24-15)13-5-3-4-6-14(13)20/h3-6,9,11-12H,7-8,10H2,1-2H3,(H,21,26)/t12-/m0/s1. The summed E-state index contributed by atoms with van der Waals surface area (Å²) in [6, 6.07) is 7.62. The van der Waals surface area contributed by atoms with Crippen molar-refractivity contribution in [1.29, 1.82) is 0 Å². The van der Waals surface area contributed by atoms with Gasteiger partial charge in [0.2, 0.25) is 0 Å². The SMILES string of the molecule is CC(C)c1nnc2n1C[C@@H](NC(=O)c1cc(-c3ccccc3F)on1)CC2. The Morgan fingerprint density at radius 1 is 1.33 bits per heavy atom. The predicted molar refractivity (Wildman–Crippen MR) is 95.6 cm³/mol. The van der Waals surface area contributed by atoms with Crippen LogP contribution in [0.1, 0.15) is 48.3 Å². The molecule has 0 aliphatic carbocycles. The number of halogens is 1. The van der Waals surface area contributed by atoms with Gasteiger partial charge in [0.1, 0.15) is 17.5 Å². The fourth-order valence-corrected chi connectivity index (χ4v) is 3.32. The molecule has 0 radical (unpaired) electrons. The molecule has 8 heteroatoms. The van der Waals surface area contributed by atoms with E-state index in [2.05, 4.69) is 39.1 Å². The van der Waals surface area contributed by atoms with E-state index in [9.17, 15) is 9.18 Å². The van der Waals surface area contributed by atoms with Crippen LogP contribution in [0.3, 0.4) is 0 Å². The number of nitrogens with zero attached hydrogens (tertiary/aromatic N) is 4. The van der Waals surface area contributed by atoms with E-state index in [4.69, 9.17) is 4.52 Å². The van der Waals surface area contributed by atoms with Crippen molar-refractivity contribution >= 4 is 5.91 Å². The van der Waals surface area contributed by atoms with Gasteiger partial charge in [-0.1, -0.05) is 31.1 Å². The maximum atomic E-state index is 13.9. The zero-order valence-corrected chi connectivity index (χ0v) is 15.1. The summed E-state index contributed by atoms with van der Waals surface area (Å²) in [6.07, 6.45) is 1.53. The van der Waals surface area contributed by atoms with Crippen LogP contribution in [0, 0.1) is 5.82 Å². The molecular weight excluding hydrogens is 349 g/mol. The van der Waals surface area contributed by atoms with Crippen molar-refractivity contribution in [2.75, 3.05) is 0 Å². The number of hydrogen-bond donors (Lipinski definition) is 1. The topological polar surface area (TPSA) is 85.8 Å². The Balaban J connectivity index is 1.47. The van der Waals surface area contributed by atoms with Crippen molar-refractivity contribution in [3.8, 4) is 11.3 Å². The maximum absolute atomic E-state index is 13.9. The summed E-state index contributed by atoms with van der Waals surface area (Å²) in [4.78, 5) is 12.5. The Kier molecular flexibility index (Phi) is 4.47. The molecule has 27 heavy (non-hydrogen) atoms. The molecule has 1 N–H and O–H groups in total. The van der Waals surface area contributed by atoms with Gasteiger partial charge in [0.25, 0.3) is 5.91 Å². The monoisotopic (exact) mass is 369 g/mol. The van der Waals surface area contributed by atoms with E-state index in [1.54, 1.807) is 18.2 Å². The van der Waals surface area contributed by atoms with Crippen LogP contribution in [0.4, 0.5) is 4.39 Å². The largest absolute Gasteiger partial charge is 0.355 e. The average Bonchev–Trinajstić information content (AvgIpc) is 3.29. The van der Waals surface area contributed by atoms with Crippen molar-refractivity contribution in [3.63, 3.8) is 0 Å². The molecule has 7 nitrogen and oxygen atoms in total. The number of rotatable bonds is 4. The number of nitrogens with one attached hydrogen (secondary N) is 1. The Bertz CT molecular complexity index is 978. The van der Waals surface area contributed by atoms with E-state index in [0.29, 0.717) is 6.54 Å². The highest BCUT2D eigenvalue weighted by atomic mass is 19.1. The maximum Gasteiger partial charge on any atom is 0.273 e. The molecule has 0 saturated heterocycles. The van der Waals surface area contributed by atoms with E-state index in [0.717, 1.165) is 24.5 Å². The molecule has 140 valence electrons. The van der Waals surface area contributed by atoms with Crippen LogP contribution in [-0.2, 0) is 13.0 Å². The van der Waals surface area contributed by atoms with Gasteiger partial charge >= 0.3 is 0 Å². The zero-order chi connectivity index (χ0) is 19.0. The summed E-state index contributed by atoms with van der Waals surface area (Å²) in [5, 5.41) is 15.3. The minimum atomic E-state index is -0.422. The van der Waals surface area contributed by atoms with Gasteiger partial charge in [-0.25, -0.2) is 4.39 Å².